The molecule has 2 aromatic carbocycles. The van der Waals surface area contributed by atoms with Crippen LogP contribution in [0, 0.1) is 11.3 Å². The van der Waals surface area contributed by atoms with Crippen LogP contribution < -0.4 is 4.90 Å². The van der Waals surface area contributed by atoms with Gasteiger partial charge in [0.2, 0.25) is 0 Å². The van der Waals surface area contributed by atoms with E-state index in [1.807, 2.05) is 30.3 Å². The van der Waals surface area contributed by atoms with Gasteiger partial charge in [-0.15, -0.1) is 10.2 Å². The summed E-state index contributed by atoms with van der Waals surface area (Å²) in [5.41, 5.74) is 3.04. The summed E-state index contributed by atoms with van der Waals surface area (Å²) in [6.07, 6.45) is 1.00. The lowest BCUT2D eigenvalue weighted by Gasteiger charge is -2.20. The number of nitriles is 1. The van der Waals surface area contributed by atoms with Crippen LogP contribution in [0.3, 0.4) is 0 Å². The average Bonchev–Trinajstić information content (AvgIpc) is 3.10. The Bertz CT molecular complexity index is 943. The molecule has 1 aromatic heterocycles. The highest BCUT2D eigenvalue weighted by atomic mass is 32.2. The number of benzene rings is 2. The van der Waals surface area contributed by atoms with Gasteiger partial charge < -0.3 is 4.90 Å². The molecule has 0 saturated carbocycles. The van der Waals surface area contributed by atoms with Crippen LogP contribution in [0.1, 0.15) is 41.9 Å². The van der Waals surface area contributed by atoms with Crippen molar-refractivity contribution in [3.8, 4) is 6.07 Å². The Balaban J connectivity index is 1.89. The summed E-state index contributed by atoms with van der Waals surface area (Å²) in [4.78, 5) is 1.35. The van der Waals surface area contributed by atoms with E-state index in [-0.39, 0.29) is 0 Å². The molecule has 0 radical (unpaired) electrons. The van der Waals surface area contributed by atoms with Crippen molar-refractivity contribution in [2.24, 2.45) is 0 Å². The molecule has 144 valence electrons. The van der Waals surface area contributed by atoms with E-state index in [0.29, 0.717) is 11.6 Å². The quantitative estimate of drug-likeness (QED) is 0.599. The van der Waals surface area contributed by atoms with Crippen molar-refractivity contribution >= 4 is 11.8 Å². The van der Waals surface area contributed by atoms with Crippen molar-refractivity contribution in [1.29, 1.82) is 5.26 Å². The fraction of sp³-hybridized carbons (Fsp3) is 0.318. The maximum Gasteiger partial charge on any atom is 0.192 e. The van der Waals surface area contributed by atoms with E-state index < -0.39 is 0 Å². The molecule has 0 aliphatic carbocycles. The molecule has 6 heteroatoms. The van der Waals surface area contributed by atoms with Gasteiger partial charge >= 0.3 is 0 Å². The van der Waals surface area contributed by atoms with Crippen molar-refractivity contribution in [1.82, 2.24) is 14.8 Å². The van der Waals surface area contributed by atoms with Crippen LogP contribution in [0.4, 0.5) is 0 Å². The molecule has 0 aliphatic rings. The lowest BCUT2D eigenvalue weighted by Crippen LogP contribution is -3.06. The summed E-state index contributed by atoms with van der Waals surface area (Å²) in [6, 6.07) is 20.7. The first-order valence-electron chi connectivity index (χ1n) is 9.51. The number of hydrogen-bond donors (Lipinski definition) is 1. The van der Waals surface area contributed by atoms with E-state index in [4.69, 9.17) is 5.26 Å². The van der Waals surface area contributed by atoms with Gasteiger partial charge in [0.1, 0.15) is 6.04 Å². The molecule has 28 heavy (non-hydrogen) atoms. The van der Waals surface area contributed by atoms with Crippen LogP contribution in [-0.4, -0.2) is 28.9 Å². The minimum atomic E-state index is 0.299. The first-order chi connectivity index (χ1) is 13.6. The summed E-state index contributed by atoms with van der Waals surface area (Å²) in [5.74, 6) is 1.79. The minimum absolute atomic E-state index is 0.299. The molecule has 5 nitrogen and oxygen atoms in total. The third-order valence-electron chi connectivity index (χ3n) is 4.77. The first kappa shape index (κ1) is 20.1. The van der Waals surface area contributed by atoms with Gasteiger partial charge in [-0.25, -0.2) is 0 Å². The van der Waals surface area contributed by atoms with Crippen LogP contribution >= 0.6 is 11.8 Å². The number of quaternary nitrogens is 1. The van der Waals surface area contributed by atoms with Crippen molar-refractivity contribution in [3.05, 3.63) is 77.1 Å². The second-order valence-electron chi connectivity index (χ2n) is 7.05. The van der Waals surface area contributed by atoms with Crippen LogP contribution in [0.15, 0.2) is 59.8 Å². The van der Waals surface area contributed by atoms with Gasteiger partial charge in [-0.2, -0.15) is 5.26 Å². The summed E-state index contributed by atoms with van der Waals surface area (Å²) in [7, 11) is 4.33. The highest BCUT2D eigenvalue weighted by molar-refractivity contribution is 7.98. The molecule has 1 atom stereocenters. The van der Waals surface area contributed by atoms with E-state index in [9.17, 15) is 0 Å². The first-order valence-corrected chi connectivity index (χ1v) is 10.5. The van der Waals surface area contributed by atoms with Crippen LogP contribution in [0.25, 0.3) is 0 Å². The lowest BCUT2D eigenvalue weighted by molar-refractivity contribution is -0.893. The second kappa shape index (κ2) is 9.54. The van der Waals surface area contributed by atoms with E-state index >= 15 is 0 Å². The third-order valence-corrected chi connectivity index (χ3v) is 5.81. The summed E-state index contributed by atoms with van der Waals surface area (Å²) in [6.45, 7) is 2.95. The smallest absolute Gasteiger partial charge is 0.192 e. The van der Waals surface area contributed by atoms with Crippen molar-refractivity contribution in [2.75, 3.05) is 14.1 Å². The number of rotatable bonds is 8. The molecule has 0 saturated heterocycles. The summed E-state index contributed by atoms with van der Waals surface area (Å²) < 4.78 is 2.25. The minimum Gasteiger partial charge on any atom is -0.331 e. The fourth-order valence-corrected chi connectivity index (χ4v) is 4.19. The number of thioether (sulfide) groups is 1. The topological polar surface area (TPSA) is 58.9 Å². The standard InChI is InChI=1S/C22H25N5S/c1-4-20(26(2)3)21-24-25-22(27(21)15-17-9-6-5-7-10-17)28-16-19-12-8-11-18(13-19)14-23/h5-13,20H,4,15-16H2,1-3H3/p+1/t20-/m1/s1. The van der Waals surface area contributed by atoms with Gasteiger partial charge in [0.15, 0.2) is 11.0 Å². The van der Waals surface area contributed by atoms with Crippen molar-refractivity contribution in [2.45, 2.75) is 36.8 Å². The molecule has 0 bridgehead atoms. The molecule has 0 unspecified atom stereocenters. The van der Waals surface area contributed by atoms with Crippen LogP contribution in [0.2, 0.25) is 0 Å². The van der Waals surface area contributed by atoms with Gasteiger partial charge in [0.25, 0.3) is 0 Å². The van der Waals surface area contributed by atoms with E-state index in [1.54, 1.807) is 11.8 Å². The third kappa shape index (κ3) is 4.80. The van der Waals surface area contributed by atoms with Crippen LogP contribution in [-0.2, 0) is 12.3 Å². The van der Waals surface area contributed by atoms with E-state index in [2.05, 4.69) is 66.1 Å². The molecule has 0 amide bonds. The molecule has 0 fully saturated rings. The normalized spacial score (nSPS) is 12.1. The fourth-order valence-electron chi connectivity index (χ4n) is 3.31. The lowest BCUT2D eigenvalue weighted by atomic mass is 10.2. The Morgan fingerprint density at radius 1 is 1.07 bits per heavy atom. The van der Waals surface area contributed by atoms with Crippen molar-refractivity contribution < 1.29 is 4.90 Å². The van der Waals surface area contributed by atoms with Gasteiger partial charge in [-0.3, -0.25) is 4.57 Å². The molecular formula is C22H26N5S+. The molecular weight excluding hydrogens is 366 g/mol. The summed E-state index contributed by atoms with van der Waals surface area (Å²) in [5, 5.41) is 19.1. The predicted octanol–water partition coefficient (Wildman–Crippen LogP) is 3.09. The Morgan fingerprint density at radius 3 is 2.50 bits per heavy atom. The Hall–Kier alpha value is -2.62. The zero-order chi connectivity index (χ0) is 19.9. The van der Waals surface area contributed by atoms with Gasteiger partial charge in [-0.1, -0.05) is 61.2 Å². The average molecular weight is 393 g/mol. The maximum absolute atomic E-state index is 9.11. The highest BCUT2D eigenvalue weighted by Gasteiger charge is 2.25. The van der Waals surface area contributed by atoms with Gasteiger partial charge in [0, 0.05) is 12.2 Å². The monoisotopic (exact) mass is 392 g/mol. The highest BCUT2D eigenvalue weighted by Crippen LogP contribution is 2.25. The van der Waals surface area contributed by atoms with Gasteiger partial charge in [0.05, 0.1) is 32.3 Å². The zero-order valence-corrected chi connectivity index (χ0v) is 17.4. The zero-order valence-electron chi connectivity index (χ0n) is 16.6. The Kier molecular flexibility index (Phi) is 6.85. The number of nitrogens with one attached hydrogen (secondary N) is 1. The van der Waals surface area contributed by atoms with Gasteiger partial charge in [-0.05, 0) is 23.3 Å². The molecule has 3 aromatic rings. The Morgan fingerprint density at radius 2 is 1.82 bits per heavy atom. The number of nitrogens with zero attached hydrogens (tertiary/aromatic N) is 4. The predicted molar refractivity (Wildman–Crippen MR) is 112 cm³/mol. The van der Waals surface area contributed by atoms with Crippen LogP contribution in [0.5, 0.6) is 0 Å². The largest absolute Gasteiger partial charge is 0.331 e. The molecule has 0 aliphatic heterocycles. The SMILES string of the molecule is CC[C@H](c1nnc(SCc2cccc(C#N)c2)n1Cc1ccccc1)[NH+](C)C. The number of hydrogen-bond acceptors (Lipinski definition) is 4. The molecule has 1 N–H and O–H groups in total. The van der Waals surface area contributed by atoms with Crippen molar-refractivity contribution in [3.63, 3.8) is 0 Å². The summed E-state index contributed by atoms with van der Waals surface area (Å²) >= 11 is 1.67. The molecule has 0 spiro atoms. The van der Waals surface area contributed by atoms with E-state index in [0.717, 1.165) is 35.3 Å². The Labute approximate surface area is 171 Å². The maximum atomic E-state index is 9.11. The second-order valence-corrected chi connectivity index (χ2v) is 7.99. The number of aromatic nitrogens is 3. The molecule has 1 heterocycles. The molecule has 3 rings (SSSR count). The van der Waals surface area contributed by atoms with E-state index in [1.165, 1.54) is 10.5 Å².